The number of thiocarbonyl (C=S) groups is 1. The van der Waals surface area contributed by atoms with E-state index in [1.807, 2.05) is 6.92 Å². The average molecular weight is 288 g/mol. The van der Waals surface area contributed by atoms with Crippen LogP contribution in [-0.4, -0.2) is 17.8 Å². The van der Waals surface area contributed by atoms with Crippen LogP contribution in [-0.2, 0) is 21.8 Å². The van der Waals surface area contributed by atoms with Gasteiger partial charge in [0.2, 0.25) is 4.38 Å². The van der Waals surface area contributed by atoms with Gasteiger partial charge in [0.25, 0.3) is 0 Å². The molecule has 0 amide bonds. The average Bonchev–Trinajstić information content (AvgIpc) is 2.36. The zero-order valence-corrected chi connectivity index (χ0v) is 11.5. The van der Waals surface area contributed by atoms with E-state index in [-0.39, 0.29) is 12.6 Å². The molecule has 1 aliphatic heterocycles. The van der Waals surface area contributed by atoms with Crippen LogP contribution in [0.5, 0.6) is 5.75 Å². The molecule has 0 aliphatic carbocycles. The topological polar surface area (TPSA) is 27.7 Å². The van der Waals surface area contributed by atoms with Crippen LogP contribution in [0, 0.1) is 5.82 Å². The van der Waals surface area contributed by atoms with E-state index in [9.17, 15) is 4.39 Å². The van der Waals surface area contributed by atoms with Crippen LogP contribution in [0.15, 0.2) is 12.1 Å². The number of hydrogen-bond donors (Lipinski definition) is 0. The minimum atomic E-state index is -0.291. The van der Waals surface area contributed by atoms with Gasteiger partial charge in [0.15, 0.2) is 6.79 Å². The monoisotopic (exact) mass is 288 g/mol. The third-order valence-corrected chi connectivity index (χ3v) is 3.64. The molecule has 0 aromatic heterocycles. The van der Waals surface area contributed by atoms with E-state index < -0.39 is 0 Å². The maximum Gasteiger partial charge on any atom is 0.220 e. The number of rotatable bonds is 3. The van der Waals surface area contributed by atoms with Crippen LogP contribution in [0.3, 0.4) is 0 Å². The highest BCUT2D eigenvalue weighted by Gasteiger charge is 2.17. The van der Waals surface area contributed by atoms with E-state index in [4.69, 9.17) is 26.4 Å². The lowest BCUT2D eigenvalue weighted by molar-refractivity contribution is -0.0171. The predicted molar refractivity (Wildman–Crippen MR) is 72.2 cm³/mol. The minimum absolute atomic E-state index is 0.201. The second-order valence-electron chi connectivity index (χ2n) is 3.64. The molecule has 0 atom stereocenters. The first-order valence-corrected chi connectivity index (χ1v) is 6.91. The van der Waals surface area contributed by atoms with Gasteiger partial charge in [-0.1, -0.05) is 11.8 Å². The summed E-state index contributed by atoms with van der Waals surface area (Å²) in [6.07, 6.45) is 0. The quantitative estimate of drug-likeness (QED) is 0.796. The second-order valence-corrected chi connectivity index (χ2v) is 5.21. The van der Waals surface area contributed by atoms with Crippen molar-refractivity contribution in [3.05, 3.63) is 29.1 Å². The summed E-state index contributed by atoms with van der Waals surface area (Å²) in [6.45, 7) is 2.99. The second kappa shape index (κ2) is 6.36. The van der Waals surface area contributed by atoms with Crippen molar-refractivity contribution in [1.29, 1.82) is 0 Å². The van der Waals surface area contributed by atoms with Crippen molar-refractivity contribution in [3.8, 4) is 5.75 Å². The summed E-state index contributed by atoms with van der Waals surface area (Å²) in [4.78, 5) is 0. The van der Waals surface area contributed by atoms with Gasteiger partial charge in [0, 0.05) is 16.9 Å². The lowest BCUT2D eigenvalue weighted by Crippen LogP contribution is -2.13. The fourth-order valence-corrected chi connectivity index (χ4v) is 2.64. The van der Waals surface area contributed by atoms with Gasteiger partial charge in [-0.3, -0.25) is 0 Å². The SMILES string of the molecule is CCOC(=S)SCc1cc(F)cc2c1OCOC2. The van der Waals surface area contributed by atoms with Crippen molar-refractivity contribution in [3.63, 3.8) is 0 Å². The molecule has 1 aliphatic rings. The van der Waals surface area contributed by atoms with Crippen LogP contribution in [0.4, 0.5) is 4.39 Å². The molecule has 0 radical (unpaired) electrons. The minimum Gasteiger partial charge on any atom is -0.479 e. The Morgan fingerprint density at radius 1 is 1.56 bits per heavy atom. The first kappa shape index (κ1) is 13.6. The Kier molecular flexibility index (Phi) is 4.79. The van der Waals surface area contributed by atoms with Crippen molar-refractivity contribution >= 4 is 28.4 Å². The zero-order valence-electron chi connectivity index (χ0n) is 9.90. The van der Waals surface area contributed by atoms with Crippen molar-refractivity contribution < 1.29 is 18.6 Å². The summed E-state index contributed by atoms with van der Waals surface area (Å²) >= 11 is 6.38. The number of ether oxygens (including phenoxy) is 3. The van der Waals surface area contributed by atoms with Crippen LogP contribution < -0.4 is 4.74 Å². The van der Waals surface area contributed by atoms with E-state index in [2.05, 4.69) is 0 Å². The van der Waals surface area contributed by atoms with Crippen molar-refractivity contribution in [2.45, 2.75) is 19.3 Å². The van der Waals surface area contributed by atoms with E-state index >= 15 is 0 Å². The molecule has 1 aromatic carbocycles. The first-order valence-electron chi connectivity index (χ1n) is 5.52. The first-order chi connectivity index (χ1) is 8.70. The molecule has 0 saturated carbocycles. The molecule has 0 bridgehead atoms. The third kappa shape index (κ3) is 3.34. The lowest BCUT2D eigenvalue weighted by Gasteiger charge is -2.20. The highest BCUT2D eigenvalue weighted by atomic mass is 32.2. The molecule has 18 heavy (non-hydrogen) atoms. The predicted octanol–water partition coefficient (Wildman–Crippen LogP) is 3.25. The number of benzene rings is 1. The largest absolute Gasteiger partial charge is 0.479 e. The highest BCUT2D eigenvalue weighted by molar-refractivity contribution is 8.22. The van der Waals surface area contributed by atoms with Gasteiger partial charge in [-0.25, -0.2) is 4.39 Å². The summed E-state index contributed by atoms with van der Waals surface area (Å²) in [7, 11) is 0. The molecule has 0 unspecified atom stereocenters. The molecule has 0 saturated heterocycles. The zero-order chi connectivity index (χ0) is 13.0. The highest BCUT2D eigenvalue weighted by Crippen LogP contribution is 2.32. The number of halogens is 1. The van der Waals surface area contributed by atoms with Crippen LogP contribution in [0.2, 0.25) is 0 Å². The molecule has 2 rings (SSSR count). The summed E-state index contributed by atoms with van der Waals surface area (Å²) in [6, 6.07) is 2.90. The molecule has 1 aromatic rings. The van der Waals surface area contributed by atoms with Crippen molar-refractivity contribution in [2.24, 2.45) is 0 Å². The summed E-state index contributed by atoms with van der Waals surface area (Å²) in [5.74, 6) is 0.939. The van der Waals surface area contributed by atoms with E-state index in [0.29, 0.717) is 29.1 Å². The summed E-state index contributed by atoms with van der Waals surface area (Å²) in [5, 5.41) is 0. The van der Waals surface area contributed by atoms with Crippen LogP contribution >= 0.6 is 24.0 Å². The third-order valence-electron chi connectivity index (χ3n) is 2.36. The van der Waals surface area contributed by atoms with E-state index in [1.165, 1.54) is 23.9 Å². The molecular formula is C12H13FO3S2. The van der Waals surface area contributed by atoms with Gasteiger partial charge < -0.3 is 14.2 Å². The van der Waals surface area contributed by atoms with Gasteiger partial charge >= 0.3 is 0 Å². The number of fused-ring (bicyclic) bond motifs is 1. The Labute approximate surface area is 115 Å². The van der Waals surface area contributed by atoms with Crippen molar-refractivity contribution in [2.75, 3.05) is 13.4 Å². The molecule has 1 heterocycles. The maximum atomic E-state index is 13.4. The fraction of sp³-hybridized carbons (Fsp3) is 0.417. The molecule has 6 heteroatoms. The molecular weight excluding hydrogens is 275 g/mol. The van der Waals surface area contributed by atoms with Crippen molar-refractivity contribution in [1.82, 2.24) is 0 Å². The van der Waals surface area contributed by atoms with Gasteiger partial charge in [-0.05, 0) is 31.3 Å². The fourth-order valence-electron chi connectivity index (χ4n) is 1.66. The van der Waals surface area contributed by atoms with E-state index in [1.54, 1.807) is 0 Å². The lowest BCUT2D eigenvalue weighted by atomic mass is 10.1. The normalized spacial score (nSPS) is 13.7. The number of hydrogen-bond acceptors (Lipinski definition) is 5. The Morgan fingerprint density at radius 3 is 3.17 bits per heavy atom. The Morgan fingerprint density at radius 2 is 2.39 bits per heavy atom. The molecule has 98 valence electrons. The molecule has 0 N–H and O–H groups in total. The molecule has 0 fully saturated rings. The van der Waals surface area contributed by atoms with Gasteiger partial charge in [0.1, 0.15) is 11.6 Å². The summed E-state index contributed by atoms with van der Waals surface area (Å²) in [5.41, 5.74) is 1.51. The molecule has 0 spiro atoms. The van der Waals surface area contributed by atoms with Gasteiger partial charge in [-0.2, -0.15) is 0 Å². The number of thioether (sulfide) groups is 1. The Bertz CT molecular complexity index is 451. The Balaban J connectivity index is 2.12. The Hall–Kier alpha value is -0.850. The molecule has 3 nitrogen and oxygen atoms in total. The van der Waals surface area contributed by atoms with Gasteiger partial charge in [0.05, 0.1) is 13.2 Å². The standard InChI is InChI=1S/C12H13FO3S2/c1-2-15-12(17)18-6-9-4-10(13)3-8-5-14-7-16-11(8)9/h3-4H,2,5-7H2,1H3. The maximum absolute atomic E-state index is 13.4. The van der Waals surface area contributed by atoms with Crippen LogP contribution in [0.1, 0.15) is 18.1 Å². The summed E-state index contributed by atoms with van der Waals surface area (Å²) < 4.78 is 29.6. The van der Waals surface area contributed by atoms with E-state index in [0.717, 1.165) is 11.1 Å². The van der Waals surface area contributed by atoms with Crippen LogP contribution in [0.25, 0.3) is 0 Å². The van der Waals surface area contributed by atoms with Gasteiger partial charge in [-0.15, -0.1) is 0 Å². The smallest absolute Gasteiger partial charge is 0.220 e.